The van der Waals surface area contributed by atoms with E-state index in [1.54, 1.807) is 5.37 Å². The maximum Gasteiger partial charge on any atom is 0.0314 e. The Morgan fingerprint density at radius 3 is 2.54 bits per heavy atom. The monoisotopic (exact) mass is 194 g/mol. The molecule has 2 N–H and O–H groups in total. The van der Waals surface area contributed by atoms with E-state index in [4.69, 9.17) is 18.0 Å². The first-order valence-electron chi connectivity index (χ1n) is 4.19. The normalized spacial score (nSPS) is 10.3. The van der Waals surface area contributed by atoms with Crippen molar-refractivity contribution in [1.29, 1.82) is 0 Å². The molecule has 0 fully saturated rings. The summed E-state index contributed by atoms with van der Waals surface area (Å²) in [6.07, 6.45) is 0. The molecule has 0 saturated carbocycles. The van der Waals surface area contributed by atoms with Gasteiger partial charge in [-0.2, -0.15) is 0 Å². The number of thiocarbonyl (C=S) groups is 1. The van der Waals surface area contributed by atoms with Crippen LogP contribution in [0.4, 0.5) is 5.69 Å². The molecule has 2 nitrogen and oxygen atoms in total. The van der Waals surface area contributed by atoms with Gasteiger partial charge in [-0.3, -0.25) is 4.90 Å². The van der Waals surface area contributed by atoms with Crippen LogP contribution in [-0.4, -0.2) is 23.9 Å². The minimum absolute atomic E-state index is 0.807. The van der Waals surface area contributed by atoms with Crippen LogP contribution in [0.3, 0.4) is 0 Å². The lowest BCUT2D eigenvalue weighted by molar-refractivity contribution is 0.378. The summed E-state index contributed by atoms with van der Waals surface area (Å²) in [5, 5.41) is 1.73. The zero-order chi connectivity index (χ0) is 9.68. The van der Waals surface area contributed by atoms with Crippen LogP contribution in [0.1, 0.15) is 5.56 Å². The molecule has 3 heteroatoms. The molecule has 0 spiro atoms. The summed E-state index contributed by atoms with van der Waals surface area (Å²) < 4.78 is 0. The Labute approximate surface area is 84.3 Å². The Hall–Kier alpha value is -0.930. The molecule has 0 radical (unpaired) electrons. The number of nitrogens with zero attached hydrogens (tertiary/aromatic N) is 1. The van der Waals surface area contributed by atoms with E-state index in [1.165, 1.54) is 5.56 Å². The Balaban J connectivity index is 2.53. The second kappa shape index (κ2) is 4.94. The molecule has 1 rings (SSSR count). The van der Waals surface area contributed by atoms with Gasteiger partial charge in [0.1, 0.15) is 0 Å². The van der Waals surface area contributed by atoms with Crippen LogP contribution in [0.25, 0.3) is 0 Å². The van der Waals surface area contributed by atoms with Crippen molar-refractivity contribution in [3.05, 3.63) is 29.8 Å². The highest BCUT2D eigenvalue weighted by Gasteiger charge is 1.97. The molecule has 0 aliphatic carbocycles. The van der Waals surface area contributed by atoms with Gasteiger partial charge >= 0.3 is 0 Å². The van der Waals surface area contributed by atoms with Gasteiger partial charge in [0, 0.05) is 18.8 Å². The maximum absolute atomic E-state index is 5.58. The molecule has 0 unspecified atom stereocenters. The zero-order valence-electron chi connectivity index (χ0n) is 7.73. The molecule has 0 aromatic heterocycles. The Morgan fingerprint density at radius 1 is 1.38 bits per heavy atom. The summed E-state index contributed by atoms with van der Waals surface area (Å²) in [5.74, 6) is 0. The number of benzene rings is 1. The second-order valence-electron chi connectivity index (χ2n) is 3.10. The van der Waals surface area contributed by atoms with Gasteiger partial charge in [-0.15, -0.1) is 0 Å². The van der Waals surface area contributed by atoms with Crippen LogP contribution in [0, 0.1) is 0 Å². The average Bonchev–Trinajstić information content (AvgIpc) is 2.09. The lowest BCUT2D eigenvalue weighted by atomic mass is 10.2. The molecule has 0 aliphatic heterocycles. The van der Waals surface area contributed by atoms with Crippen molar-refractivity contribution in [2.75, 3.05) is 19.3 Å². The average molecular weight is 194 g/mol. The lowest BCUT2D eigenvalue weighted by Gasteiger charge is -2.13. The highest BCUT2D eigenvalue weighted by molar-refractivity contribution is 7.79. The third kappa shape index (κ3) is 3.53. The molecule has 0 amide bonds. The van der Waals surface area contributed by atoms with Gasteiger partial charge in [0.05, 0.1) is 0 Å². The summed E-state index contributed by atoms with van der Waals surface area (Å²) >= 11 is 4.78. The molecule has 1 aromatic carbocycles. The minimum Gasteiger partial charge on any atom is -0.399 e. The smallest absolute Gasteiger partial charge is 0.0314 e. The van der Waals surface area contributed by atoms with Gasteiger partial charge in [-0.1, -0.05) is 24.4 Å². The second-order valence-corrected chi connectivity index (χ2v) is 3.44. The predicted molar refractivity (Wildman–Crippen MR) is 60.8 cm³/mol. The minimum atomic E-state index is 0.807. The van der Waals surface area contributed by atoms with E-state index in [0.717, 1.165) is 18.8 Å². The molecular formula is C10H14N2S. The first-order valence-corrected chi connectivity index (χ1v) is 4.66. The van der Waals surface area contributed by atoms with Crippen molar-refractivity contribution < 1.29 is 0 Å². The number of anilines is 1. The molecular weight excluding hydrogens is 180 g/mol. The third-order valence-corrected chi connectivity index (χ3v) is 1.97. The summed E-state index contributed by atoms with van der Waals surface area (Å²) in [7, 11) is 2.04. The van der Waals surface area contributed by atoms with Crippen LogP contribution in [0.2, 0.25) is 0 Å². The summed E-state index contributed by atoms with van der Waals surface area (Å²) in [5.41, 5.74) is 7.64. The van der Waals surface area contributed by atoms with Crippen molar-refractivity contribution in [3.8, 4) is 0 Å². The van der Waals surface area contributed by atoms with Crippen molar-refractivity contribution >= 4 is 23.3 Å². The van der Waals surface area contributed by atoms with Crippen LogP contribution >= 0.6 is 12.2 Å². The van der Waals surface area contributed by atoms with Gasteiger partial charge in [0.15, 0.2) is 0 Å². The summed E-state index contributed by atoms with van der Waals surface area (Å²) in [4.78, 5) is 2.15. The zero-order valence-corrected chi connectivity index (χ0v) is 8.55. The molecule has 70 valence electrons. The largest absolute Gasteiger partial charge is 0.399 e. The fourth-order valence-electron chi connectivity index (χ4n) is 1.13. The Kier molecular flexibility index (Phi) is 3.86. The quantitative estimate of drug-likeness (QED) is 0.584. The lowest BCUT2D eigenvalue weighted by Crippen LogP contribution is -2.19. The molecule has 1 aromatic rings. The van der Waals surface area contributed by atoms with Crippen molar-refractivity contribution in [2.45, 2.75) is 6.54 Å². The van der Waals surface area contributed by atoms with Gasteiger partial charge in [-0.05, 0) is 30.1 Å². The van der Waals surface area contributed by atoms with Gasteiger partial charge in [-0.25, -0.2) is 0 Å². The molecule has 0 heterocycles. The van der Waals surface area contributed by atoms with E-state index in [1.807, 2.05) is 31.3 Å². The third-order valence-electron chi connectivity index (χ3n) is 1.82. The summed E-state index contributed by atoms with van der Waals surface area (Å²) in [6.45, 7) is 1.74. The molecule has 0 aliphatic rings. The van der Waals surface area contributed by atoms with Gasteiger partial charge in [0.25, 0.3) is 0 Å². The fourth-order valence-corrected chi connectivity index (χ4v) is 1.38. The molecule has 13 heavy (non-hydrogen) atoms. The fraction of sp³-hybridized carbons (Fsp3) is 0.300. The number of nitrogens with two attached hydrogens (primary N) is 1. The number of hydrogen-bond donors (Lipinski definition) is 1. The first-order chi connectivity index (χ1) is 6.22. The van der Waals surface area contributed by atoms with Crippen LogP contribution < -0.4 is 5.73 Å². The van der Waals surface area contributed by atoms with Gasteiger partial charge < -0.3 is 5.73 Å². The highest BCUT2D eigenvalue weighted by atomic mass is 32.1. The maximum atomic E-state index is 5.58. The van der Waals surface area contributed by atoms with E-state index in [-0.39, 0.29) is 0 Å². The first kappa shape index (κ1) is 10.2. The van der Waals surface area contributed by atoms with E-state index in [0.29, 0.717) is 0 Å². The highest BCUT2D eigenvalue weighted by Crippen LogP contribution is 2.06. The molecule has 0 bridgehead atoms. The van der Waals surface area contributed by atoms with Gasteiger partial charge in [0.2, 0.25) is 0 Å². The standard InChI is InChI=1S/C10H14N2S/c1-12(6-7-13)8-9-2-4-10(11)5-3-9/h2-5,7H,6,8,11H2,1H3. The topological polar surface area (TPSA) is 29.3 Å². The van der Waals surface area contributed by atoms with E-state index in [2.05, 4.69) is 4.90 Å². The molecule has 0 atom stereocenters. The molecule has 0 saturated heterocycles. The number of rotatable bonds is 4. The Bertz CT molecular complexity index is 269. The van der Waals surface area contributed by atoms with Crippen LogP contribution in [-0.2, 0) is 6.54 Å². The number of nitrogen functional groups attached to an aromatic ring is 1. The van der Waals surface area contributed by atoms with E-state index >= 15 is 0 Å². The Morgan fingerprint density at radius 2 is 2.00 bits per heavy atom. The van der Waals surface area contributed by atoms with Crippen molar-refractivity contribution in [1.82, 2.24) is 4.90 Å². The summed E-state index contributed by atoms with van der Waals surface area (Å²) in [6, 6.07) is 7.91. The predicted octanol–water partition coefficient (Wildman–Crippen LogP) is 1.70. The van der Waals surface area contributed by atoms with Crippen LogP contribution in [0.5, 0.6) is 0 Å². The van der Waals surface area contributed by atoms with Crippen molar-refractivity contribution in [2.24, 2.45) is 0 Å². The van der Waals surface area contributed by atoms with Crippen LogP contribution in [0.15, 0.2) is 24.3 Å². The number of hydrogen-bond acceptors (Lipinski definition) is 3. The SMILES string of the molecule is CN(CC=S)Cc1ccc(N)cc1. The van der Waals surface area contributed by atoms with E-state index < -0.39 is 0 Å². The van der Waals surface area contributed by atoms with Crippen molar-refractivity contribution in [3.63, 3.8) is 0 Å². The van der Waals surface area contributed by atoms with E-state index in [9.17, 15) is 0 Å².